The molecule has 45 heavy (non-hydrogen) atoms. The molecule has 0 aliphatic carbocycles. The summed E-state index contributed by atoms with van der Waals surface area (Å²) in [6.07, 6.45) is 0.607. The number of nitrogens with zero attached hydrogens (tertiary/aromatic N) is 6. The maximum Gasteiger partial charge on any atom is 0.433 e. The number of ether oxygens (including phenoxy) is 1. The molecule has 2 aliphatic rings. The van der Waals surface area contributed by atoms with Crippen molar-refractivity contribution in [1.82, 2.24) is 29.0 Å². The number of nitrogens with two attached hydrogens (primary N) is 1. The summed E-state index contributed by atoms with van der Waals surface area (Å²) in [4.78, 5) is 37.0. The number of nitrogen functional groups attached to an aromatic ring is 1. The van der Waals surface area contributed by atoms with E-state index in [1.165, 1.54) is 12.3 Å². The van der Waals surface area contributed by atoms with Crippen molar-refractivity contribution in [2.24, 2.45) is 12.5 Å². The Labute approximate surface area is 255 Å². The number of hydrogen-bond donors (Lipinski definition) is 2. The second-order valence-electron chi connectivity index (χ2n) is 12.1. The van der Waals surface area contributed by atoms with E-state index in [1.54, 1.807) is 17.5 Å². The van der Waals surface area contributed by atoms with E-state index >= 15 is 4.39 Å². The van der Waals surface area contributed by atoms with E-state index in [0.717, 1.165) is 26.0 Å². The van der Waals surface area contributed by atoms with Gasteiger partial charge in [0, 0.05) is 56.0 Å². The Kier molecular flexibility index (Phi) is 7.24. The SMILES string of the molecule is CCOc1cc(C(=O)Nc2cc(C(F)(F)F)n(C)n2)c(F)cc1-c1nc([C@@H]2CC[C@@H]3N(C2)C(=O)CC3(C)C)n2ccnc(N)c12. The van der Waals surface area contributed by atoms with E-state index in [-0.39, 0.29) is 52.7 Å². The number of halogens is 4. The van der Waals surface area contributed by atoms with Crippen LogP contribution in [-0.2, 0) is 18.0 Å². The largest absolute Gasteiger partial charge is 0.493 e. The van der Waals surface area contributed by atoms with Crippen LogP contribution in [0.25, 0.3) is 16.8 Å². The lowest BCUT2D eigenvalue weighted by atomic mass is 9.79. The van der Waals surface area contributed by atoms with E-state index in [4.69, 9.17) is 15.5 Å². The van der Waals surface area contributed by atoms with Crippen molar-refractivity contribution in [3.8, 4) is 17.0 Å². The fourth-order valence-electron chi connectivity index (χ4n) is 6.61. The van der Waals surface area contributed by atoms with Crippen LogP contribution < -0.4 is 15.8 Å². The predicted molar refractivity (Wildman–Crippen MR) is 156 cm³/mol. The maximum absolute atomic E-state index is 15.7. The van der Waals surface area contributed by atoms with Crippen LogP contribution in [0.15, 0.2) is 30.6 Å². The molecule has 0 radical (unpaired) electrons. The Balaban J connectivity index is 1.39. The summed E-state index contributed by atoms with van der Waals surface area (Å²) in [5.41, 5.74) is 5.55. The zero-order valence-corrected chi connectivity index (χ0v) is 25.1. The summed E-state index contributed by atoms with van der Waals surface area (Å²) >= 11 is 0. The minimum absolute atomic E-state index is 0.104. The van der Waals surface area contributed by atoms with Gasteiger partial charge in [-0.1, -0.05) is 13.8 Å². The molecule has 2 fully saturated rings. The molecule has 2 amide bonds. The number of benzene rings is 1. The van der Waals surface area contributed by atoms with Crippen LogP contribution in [0, 0.1) is 11.2 Å². The van der Waals surface area contributed by atoms with E-state index in [9.17, 15) is 22.8 Å². The molecule has 0 saturated carbocycles. The van der Waals surface area contributed by atoms with Crippen LogP contribution in [0.5, 0.6) is 5.75 Å². The van der Waals surface area contributed by atoms with Crippen LogP contribution in [0.4, 0.5) is 29.2 Å². The molecule has 11 nitrogen and oxygen atoms in total. The zero-order valence-electron chi connectivity index (χ0n) is 25.1. The number of amides is 2. The molecule has 3 N–H and O–H groups in total. The number of rotatable bonds is 6. The number of piperidine rings is 1. The van der Waals surface area contributed by atoms with Crippen molar-refractivity contribution in [2.45, 2.75) is 58.2 Å². The Hall–Kier alpha value is -4.69. The fourth-order valence-corrected chi connectivity index (χ4v) is 6.61. The predicted octanol–water partition coefficient (Wildman–Crippen LogP) is 5.03. The van der Waals surface area contributed by atoms with Crippen molar-refractivity contribution >= 4 is 29.0 Å². The summed E-state index contributed by atoms with van der Waals surface area (Å²) in [6, 6.07) is 3.06. The van der Waals surface area contributed by atoms with Crippen LogP contribution in [0.3, 0.4) is 0 Å². The Morgan fingerprint density at radius 1 is 1.22 bits per heavy atom. The molecule has 3 aromatic heterocycles. The highest BCUT2D eigenvalue weighted by Crippen LogP contribution is 2.46. The molecule has 5 heterocycles. The molecule has 15 heteroatoms. The topological polar surface area (TPSA) is 133 Å². The first-order valence-electron chi connectivity index (χ1n) is 14.5. The van der Waals surface area contributed by atoms with Gasteiger partial charge in [-0.15, -0.1) is 0 Å². The molecule has 0 spiro atoms. The first kappa shape index (κ1) is 30.3. The van der Waals surface area contributed by atoms with Gasteiger partial charge in [0.25, 0.3) is 5.91 Å². The lowest BCUT2D eigenvalue weighted by Gasteiger charge is -2.39. The van der Waals surface area contributed by atoms with Gasteiger partial charge in [0.05, 0.1) is 12.2 Å². The van der Waals surface area contributed by atoms with Crippen molar-refractivity contribution < 1.29 is 31.9 Å². The van der Waals surface area contributed by atoms with Gasteiger partial charge >= 0.3 is 6.18 Å². The third-order valence-corrected chi connectivity index (χ3v) is 8.67. The molecule has 0 unspecified atom stereocenters. The minimum Gasteiger partial charge on any atom is -0.493 e. The number of fused-ring (bicyclic) bond motifs is 2. The van der Waals surface area contributed by atoms with E-state index in [1.807, 2.05) is 4.90 Å². The van der Waals surface area contributed by atoms with Crippen molar-refractivity contribution in [3.63, 3.8) is 0 Å². The van der Waals surface area contributed by atoms with E-state index < -0.39 is 35.0 Å². The van der Waals surface area contributed by atoms with Crippen LogP contribution in [0.1, 0.15) is 67.8 Å². The number of nitrogens with one attached hydrogen (secondary N) is 1. The minimum atomic E-state index is -4.69. The third kappa shape index (κ3) is 5.23. The van der Waals surface area contributed by atoms with E-state index in [0.29, 0.717) is 35.1 Å². The highest BCUT2D eigenvalue weighted by Gasteiger charge is 2.48. The van der Waals surface area contributed by atoms with Crippen molar-refractivity contribution in [3.05, 3.63) is 53.5 Å². The number of carbonyl (C=O) groups is 2. The second kappa shape index (κ2) is 10.7. The number of anilines is 2. The normalized spacial score (nSPS) is 19.6. The Morgan fingerprint density at radius 2 is 1.98 bits per heavy atom. The number of aryl methyl sites for hydroxylation is 1. The smallest absolute Gasteiger partial charge is 0.433 e. The molecular weight excluding hydrogens is 596 g/mol. The molecule has 2 aliphatic heterocycles. The Bertz CT molecular complexity index is 1830. The number of alkyl halides is 3. The second-order valence-corrected chi connectivity index (χ2v) is 12.1. The lowest BCUT2D eigenvalue weighted by molar-refractivity contribution is -0.143. The lowest BCUT2D eigenvalue weighted by Crippen LogP contribution is -2.44. The van der Waals surface area contributed by atoms with Crippen LogP contribution in [0.2, 0.25) is 0 Å². The van der Waals surface area contributed by atoms with Gasteiger partial charge in [0.2, 0.25) is 5.91 Å². The highest BCUT2D eigenvalue weighted by atomic mass is 19.4. The fraction of sp³-hybridized carbons (Fsp3) is 0.433. The van der Waals surface area contributed by atoms with E-state index in [2.05, 4.69) is 29.2 Å². The molecule has 6 rings (SSSR count). The number of aromatic nitrogens is 5. The van der Waals surface area contributed by atoms with Crippen molar-refractivity contribution in [1.29, 1.82) is 0 Å². The number of carbonyl (C=O) groups excluding carboxylic acids is 2. The quantitative estimate of drug-likeness (QED) is 0.287. The summed E-state index contributed by atoms with van der Waals surface area (Å²) in [6.45, 7) is 6.55. The van der Waals surface area contributed by atoms with Gasteiger partial charge < -0.3 is 20.7 Å². The standard InChI is InChI=1S/C30H32F4N8O3/c1-5-45-19-11-16(28(44)37-22-12-21(30(32,33)34)40(4)39-22)18(31)10-17(19)24-25-26(35)36-8-9-41(25)27(38-24)15-6-7-20-29(2,3)13-23(43)42(20)14-15/h8-12,15,20H,5-7,13-14H2,1-4H3,(H2,35,36)(H,37,39,44)/t15-,20+/m1/s1. The molecular formula is C30H32F4N8O3. The highest BCUT2D eigenvalue weighted by molar-refractivity contribution is 6.05. The van der Waals surface area contributed by atoms with Crippen LogP contribution >= 0.6 is 0 Å². The first-order chi connectivity index (χ1) is 21.2. The molecule has 1 aromatic carbocycles. The Morgan fingerprint density at radius 3 is 2.67 bits per heavy atom. The molecule has 2 atom stereocenters. The average Bonchev–Trinajstić information content (AvgIpc) is 3.60. The number of hydrogen-bond acceptors (Lipinski definition) is 7. The molecule has 0 bridgehead atoms. The summed E-state index contributed by atoms with van der Waals surface area (Å²) in [5.74, 6) is -1.53. The van der Waals surface area contributed by atoms with Crippen molar-refractivity contribution in [2.75, 3.05) is 24.2 Å². The first-order valence-corrected chi connectivity index (χ1v) is 14.5. The zero-order chi connectivity index (χ0) is 32.4. The average molecular weight is 629 g/mol. The maximum atomic E-state index is 15.7. The van der Waals surface area contributed by atoms with Gasteiger partial charge in [0.1, 0.15) is 40.1 Å². The molecule has 238 valence electrons. The number of imidazole rings is 1. The van der Waals surface area contributed by atoms with Gasteiger partial charge in [-0.05, 0) is 37.3 Å². The monoisotopic (exact) mass is 628 g/mol. The summed E-state index contributed by atoms with van der Waals surface area (Å²) < 4.78 is 63.5. The van der Waals surface area contributed by atoms with Crippen LogP contribution in [-0.4, -0.2) is 60.1 Å². The summed E-state index contributed by atoms with van der Waals surface area (Å²) in [7, 11) is 1.08. The third-order valence-electron chi connectivity index (χ3n) is 8.67. The molecule has 4 aromatic rings. The van der Waals surface area contributed by atoms with Gasteiger partial charge in [-0.2, -0.15) is 18.3 Å². The molecule has 2 saturated heterocycles. The summed E-state index contributed by atoms with van der Waals surface area (Å²) in [5, 5.41) is 5.90. The van der Waals surface area contributed by atoms with Gasteiger partial charge in [-0.25, -0.2) is 14.4 Å². The van der Waals surface area contributed by atoms with Gasteiger partial charge in [0.15, 0.2) is 5.82 Å². The van der Waals surface area contributed by atoms with Gasteiger partial charge in [-0.3, -0.25) is 18.7 Å².